The van der Waals surface area contributed by atoms with Crippen molar-refractivity contribution in [3.8, 4) is 0 Å². The summed E-state index contributed by atoms with van der Waals surface area (Å²) in [7, 11) is 0. The van der Waals surface area contributed by atoms with E-state index >= 15 is 0 Å². The zero-order chi connectivity index (χ0) is 6.81. The molecule has 10 heavy (non-hydrogen) atoms. The SMILES string of the molecule is C1=C(CC2CO2)CCCO1. The summed E-state index contributed by atoms with van der Waals surface area (Å²) in [4.78, 5) is 0. The maximum Gasteiger partial charge on any atom is 0.0876 e. The summed E-state index contributed by atoms with van der Waals surface area (Å²) in [5.74, 6) is 0. The third kappa shape index (κ3) is 1.51. The first-order valence-corrected chi connectivity index (χ1v) is 3.86. The number of rotatable bonds is 2. The Bertz CT molecular complexity index is 147. The van der Waals surface area contributed by atoms with Gasteiger partial charge in [-0.25, -0.2) is 0 Å². The number of epoxide rings is 1. The van der Waals surface area contributed by atoms with Gasteiger partial charge in [0, 0.05) is 6.42 Å². The highest BCUT2D eigenvalue weighted by molar-refractivity contribution is 5.03. The van der Waals surface area contributed by atoms with Crippen LogP contribution in [0.4, 0.5) is 0 Å². The van der Waals surface area contributed by atoms with E-state index in [9.17, 15) is 0 Å². The summed E-state index contributed by atoms with van der Waals surface area (Å²) in [5, 5.41) is 0. The third-order valence-electron chi connectivity index (χ3n) is 1.90. The van der Waals surface area contributed by atoms with Crippen molar-refractivity contribution in [3.63, 3.8) is 0 Å². The summed E-state index contributed by atoms with van der Waals surface area (Å²) in [6.45, 7) is 1.85. The van der Waals surface area contributed by atoms with Crippen LogP contribution < -0.4 is 0 Å². The molecule has 2 heteroatoms. The maximum atomic E-state index is 5.19. The van der Waals surface area contributed by atoms with E-state index in [0.29, 0.717) is 6.10 Å². The number of ether oxygens (including phenoxy) is 2. The van der Waals surface area contributed by atoms with Gasteiger partial charge in [-0.15, -0.1) is 0 Å². The minimum Gasteiger partial charge on any atom is -0.501 e. The van der Waals surface area contributed by atoms with Crippen molar-refractivity contribution in [1.29, 1.82) is 0 Å². The Kier molecular flexibility index (Phi) is 1.63. The average molecular weight is 140 g/mol. The van der Waals surface area contributed by atoms with E-state index in [1.54, 1.807) is 0 Å². The first kappa shape index (κ1) is 6.23. The van der Waals surface area contributed by atoms with Crippen LogP contribution in [0, 0.1) is 0 Å². The van der Waals surface area contributed by atoms with E-state index in [4.69, 9.17) is 9.47 Å². The quantitative estimate of drug-likeness (QED) is 0.542. The summed E-state index contributed by atoms with van der Waals surface area (Å²) in [5.41, 5.74) is 1.42. The molecule has 0 aromatic rings. The van der Waals surface area contributed by atoms with Gasteiger partial charge in [-0.1, -0.05) is 0 Å². The molecule has 2 nitrogen and oxygen atoms in total. The smallest absolute Gasteiger partial charge is 0.0876 e. The molecule has 0 saturated carbocycles. The summed E-state index contributed by atoms with van der Waals surface area (Å²) in [6, 6.07) is 0. The highest BCUT2D eigenvalue weighted by atomic mass is 16.6. The molecule has 0 amide bonds. The lowest BCUT2D eigenvalue weighted by Gasteiger charge is -2.11. The van der Waals surface area contributed by atoms with Crippen LogP contribution in [0.2, 0.25) is 0 Å². The molecular weight excluding hydrogens is 128 g/mol. The van der Waals surface area contributed by atoms with Crippen LogP contribution in [0.1, 0.15) is 19.3 Å². The predicted octanol–water partition coefficient (Wildman–Crippen LogP) is 1.47. The van der Waals surface area contributed by atoms with Crippen LogP contribution in [0.3, 0.4) is 0 Å². The summed E-state index contributed by atoms with van der Waals surface area (Å²) >= 11 is 0. The molecule has 56 valence electrons. The molecule has 1 atom stereocenters. The molecule has 0 aromatic heterocycles. The van der Waals surface area contributed by atoms with Crippen molar-refractivity contribution >= 4 is 0 Å². The topological polar surface area (TPSA) is 21.8 Å². The molecular formula is C8H12O2. The van der Waals surface area contributed by atoms with Crippen molar-refractivity contribution in [2.45, 2.75) is 25.4 Å². The Morgan fingerprint density at radius 1 is 1.60 bits per heavy atom. The van der Waals surface area contributed by atoms with Crippen molar-refractivity contribution in [2.24, 2.45) is 0 Å². The van der Waals surface area contributed by atoms with Crippen LogP contribution >= 0.6 is 0 Å². The predicted molar refractivity (Wildman–Crippen MR) is 37.6 cm³/mol. The minimum absolute atomic E-state index is 0.521. The van der Waals surface area contributed by atoms with E-state index in [1.165, 1.54) is 18.4 Å². The number of hydrogen-bond acceptors (Lipinski definition) is 2. The molecule has 0 radical (unpaired) electrons. The monoisotopic (exact) mass is 140 g/mol. The van der Waals surface area contributed by atoms with Crippen LogP contribution in [-0.4, -0.2) is 19.3 Å². The van der Waals surface area contributed by atoms with Gasteiger partial charge in [0.25, 0.3) is 0 Å². The third-order valence-corrected chi connectivity index (χ3v) is 1.90. The fourth-order valence-corrected chi connectivity index (χ4v) is 1.25. The van der Waals surface area contributed by atoms with Crippen LogP contribution in [0.15, 0.2) is 11.8 Å². The maximum absolute atomic E-state index is 5.19. The normalized spacial score (nSPS) is 30.8. The fourth-order valence-electron chi connectivity index (χ4n) is 1.25. The van der Waals surface area contributed by atoms with E-state index in [1.807, 2.05) is 6.26 Å². The van der Waals surface area contributed by atoms with Crippen LogP contribution in [0.5, 0.6) is 0 Å². The Morgan fingerprint density at radius 3 is 3.10 bits per heavy atom. The molecule has 0 aliphatic carbocycles. The van der Waals surface area contributed by atoms with Gasteiger partial charge in [-0.3, -0.25) is 0 Å². The van der Waals surface area contributed by atoms with Gasteiger partial charge in [0.2, 0.25) is 0 Å². The molecule has 2 heterocycles. The lowest BCUT2D eigenvalue weighted by molar-refractivity contribution is 0.221. The fraction of sp³-hybridized carbons (Fsp3) is 0.750. The molecule has 2 aliphatic rings. The zero-order valence-electron chi connectivity index (χ0n) is 6.01. The van der Waals surface area contributed by atoms with Gasteiger partial charge < -0.3 is 9.47 Å². The Labute approximate surface area is 60.8 Å². The van der Waals surface area contributed by atoms with Crippen molar-refractivity contribution in [1.82, 2.24) is 0 Å². The van der Waals surface area contributed by atoms with Gasteiger partial charge >= 0.3 is 0 Å². The summed E-state index contributed by atoms with van der Waals surface area (Å²) in [6.07, 6.45) is 5.91. The van der Waals surface area contributed by atoms with Crippen LogP contribution in [-0.2, 0) is 9.47 Å². The Morgan fingerprint density at radius 2 is 2.50 bits per heavy atom. The van der Waals surface area contributed by atoms with E-state index in [2.05, 4.69) is 0 Å². The molecule has 0 aromatic carbocycles. The molecule has 0 bridgehead atoms. The molecule has 1 unspecified atom stereocenters. The van der Waals surface area contributed by atoms with Crippen molar-refractivity contribution in [2.75, 3.05) is 13.2 Å². The first-order valence-electron chi connectivity index (χ1n) is 3.86. The van der Waals surface area contributed by atoms with E-state index in [-0.39, 0.29) is 0 Å². The molecule has 0 spiro atoms. The van der Waals surface area contributed by atoms with Gasteiger partial charge in [0.1, 0.15) is 0 Å². The van der Waals surface area contributed by atoms with Crippen LogP contribution in [0.25, 0.3) is 0 Å². The largest absolute Gasteiger partial charge is 0.501 e. The molecule has 1 saturated heterocycles. The highest BCUT2D eigenvalue weighted by Gasteiger charge is 2.24. The zero-order valence-corrected chi connectivity index (χ0v) is 6.01. The standard InChI is InChI=1S/C8H12O2/c1-2-7(5-9-3-1)4-8-6-10-8/h5,8H,1-4,6H2. The Hall–Kier alpha value is -0.500. The second-order valence-corrected chi connectivity index (χ2v) is 2.91. The minimum atomic E-state index is 0.521. The Balaban J connectivity index is 1.83. The van der Waals surface area contributed by atoms with E-state index < -0.39 is 0 Å². The van der Waals surface area contributed by atoms with Gasteiger partial charge in [-0.2, -0.15) is 0 Å². The summed E-state index contributed by atoms with van der Waals surface area (Å²) < 4.78 is 10.3. The second kappa shape index (κ2) is 2.62. The highest BCUT2D eigenvalue weighted by Crippen LogP contribution is 2.23. The van der Waals surface area contributed by atoms with E-state index in [0.717, 1.165) is 19.6 Å². The lowest BCUT2D eigenvalue weighted by atomic mass is 10.1. The van der Waals surface area contributed by atoms with Crippen molar-refractivity contribution in [3.05, 3.63) is 11.8 Å². The van der Waals surface area contributed by atoms with Gasteiger partial charge in [0.05, 0.1) is 25.6 Å². The molecule has 2 rings (SSSR count). The van der Waals surface area contributed by atoms with Crippen molar-refractivity contribution < 1.29 is 9.47 Å². The van der Waals surface area contributed by atoms with Gasteiger partial charge in [-0.05, 0) is 18.4 Å². The first-order chi connectivity index (χ1) is 4.95. The van der Waals surface area contributed by atoms with Gasteiger partial charge in [0.15, 0.2) is 0 Å². The molecule has 0 N–H and O–H groups in total. The second-order valence-electron chi connectivity index (χ2n) is 2.91. The molecule has 2 aliphatic heterocycles. The molecule has 1 fully saturated rings. The lowest BCUT2D eigenvalue weighted by Crippen LogP contribution is -2.01. The number of hydrogen-bond donors (Lipinski definition) is 0. The average Bonchev–Trinajstić information content (AvgIpc) is 2.74.